The first-order valence-corrected chi connectivity index (χ1v) is 13.1. The molecule has 12 heteroatoms. The van der Waals surface area contributed by atoms with E-state index in [2.05, 4.69) is 31.4 Å². The minimum Gasteiger partial charge on any atom is -0.394 e. The fourth-order valence-electron chi connectivity index (χ4n) is 4.79. The lowest BCUT2D eigenvalue weighted by Gasteiger charge is -2.35. The van der Waals surface area contributed by atoms with Gasteiger partial charge in [0, 0.05) is 56.1 Å². The molecule has 9 nitrogen and oxygen atoms in total. The van der Waals surface area contributed by atoms with Crippen molar-refractivity contribution >= 4 is 35.9 Å². The topological polar surface area (TPSA) is 108 Å². The normalized spacial score (nSPS) is 14.7. The zero-order chi connectivity index (χ0) is 28.1. The Kier molecular flexibility index (Phi) is 9.87. The standard InChI is InChI=1S/C29H32F2N8O.ClH/c1-20-22(8-5-9-37-10-12-38(13-11-37)25-15-23(30)14-24(31)16-25)18-33-39(20)28-17-27(35-29(32)36-28)34-26(19-40)21-6-3-2-4-7-21;/h2-8,14-18,26,40H,9-13,19H2,1H3,(H3,32,34,35,36);1H/t26-;/m1./s1. The molecule has 0 spiro atoms. The van der Waals surface area contributed by atoms with Crippen LogP contribution in [0.2, 0.25) is 0 Å². The van der Waals surface area contributed by atoms with Crippen LogP contribution in [0.1, 0.15) is 22.9 Å². The van der Waals surface area contributed by atoms with Gasteiger partial charge in [-0.25, -0.2) is 13.5 Å². The molecule has 1 fully saturated rings. The number of nitrogens with two attached hydrogens (primary N) is 1. The SMILES string of the molecule is Cc1c(C=CCN2CCN(c3cc(F)cc(F)c3)CC2)cnn1-c1cc(N[C@H](CO)c2ccccc2)nc(N)n1.Cl. The van der Waals surface area contributed by atoms with Crippen LogP contribution in [0, 0.1) is 18.6 Å². The van der Waals surface area contributed by atoms with E-state index in [4.69, 9.17) is 5.73 Å². The summed E-state index contributed by atoms with van der Waals surface area (Å²) >= 11 is 0. The smallest absolute Gasteiger partial charge is 0.224 e. The Morgan fingerprint density at radius 2 is 1.73 bits per heavy atom. The molecule has 1 aliphatic heterocycles. The molecular formula is C29H33ClF2N8O. The van der Waals surface area contributed by atoms with Gasteiger partial charge in [0.1, 0.15) is 17.5 Å². The number of hydrogen-bond donors (Lipinski definition) is 3. The van der Waals surface area contributed by atoms with Gasteiger partial charge >= 0.3 is 0 Å². The Labute approximate surface area is 243 Å². The number of benzene rings is 2. The van der Waals surface area contributed by atoms with Crippen molar-refractivity contribution in [3.05, 3.63) is 95.3 Å². The first kappa shape index (κ1) is 29.9. The zero-order valence-electron chi connectivity index (χ0n) is 22.6. The highest BCUT2D eigenvalue weighted by Crippen LogP contribution is 2.22. The Morgan fingerprint density at radius 1 is 1.02 bits per heavy atom. The second-order valence-electron chi connectivity index (χ2n) is 9.67. The van der Waals surface area contributed by atoms with Crippen molar-refractivity contribution in [3.63, 3.8) is 0 Å². The van der Waals surface area contributed by atoms with Gasteiger partial charge in [-0.15, -0.1) is 12.4 Å². The van der Waals surface area contributed by atoms with Crippen molar-refractivity contribution in [2.45, 2.75) is 13.0 Å². The van der Waals surface area contributed by atoms with Crippen molar-refractivity contribution in [2.75, 3.05) is 55.3 Å². The first-order chi connectivity index (χ1) is 19.4. The van der Waals surface area contributed by atoms with Crippen LogP contribution in [0.5, 0.6) is 0 Å². The number of rotatable bonds is 9. The minimum atomic E-state index is -0.560. The summed E-state index contributed by atoms with van der Waals surface area (Å²) in [7, 11) is 0. The first-order valence-electron chi connectivity index (χ1n) is 13.1. The lowest BCUT2D eigenvalue weighted by Crippen LogP contribution is -2.46. The molecule has 0 aliphatic carbocycles. The highest BCUT2D eigenvalue weighted by Gasteiger charge is 2.18. The summed E-state index contributed by atoms with van der Waals surface area (Å²) in [6.07, 6.45) is 5.88. The summed E-state index contributed by atoms with van der Waals surface area (Å²) in [6, 6.07) is 14.6. The van der Waals surface area contributed by atoms with Crippen molar-refractivity contribution < 1.29 is 13.9 Å². The molecule has 216 valence electrons. The molecule has 41 heavy (non-hydrogen) atoms. The number of piperazine rings is 1. The van der Waals surface area contributed by atoms with Crippen LogP contribution in [0.25, 0.3) is 11.9 Å². The molecule has 1 atom stereocenters. The van der Waals surface area contributed by atoms with E-state index in [9.17, 15) is 13.9 Å². The third-order valence-corrected chi connectivity index (χ3v) is 6.95. The van der Waals surface area contributed by atoms with E-state index < -0.39 is 11.6 Å². The predicted molar refractivity (Wildman–Crippen MR) is 159 cm³/mol. The second kappa shape index (κ2) is 13.5. The van der Waals surface area contributed by atoms with Crippen molar-refractivity contribution in [1.82, 2.24) is 24.6 Å². The number of nitrogens with one attached hydrogen (secondary N) is 1. The second-order valence-corrected chi connectivity index (χ2v) is 9.67. The van der Waals surface area contributed by atoms with Crippen LogP contribution in [0.4, 0.5) is 26.2 Å². The zero-order valence-corrected chi connectivity index (χ0v) is 23.4. The van der Waals surface area contributed by atoms with Crippen LogP contribution in [0.3, 0.4) is 0 Å². The van der Waals surface area contributed by atoms with Gasteiger partial charge in [0.2, 0.25) is 5.95 Å². The van der Waals surface area contributed by atoms with E-state index in [-0.39, 0.29) is 31.0 Å². The molecule has 2 aromatic carbocycles. The van der Waals surface area contributed by atoms with Crippen LogP contribution in [0.15, 0.2) is 66.9 Å². The van der Waals surface area contributed by atoms with Gasteiger partial charge in [0.05, 0.1) is 24.5 Å². The fourth-order valence-corrected chi connectivity index (χ4v) is 4.79. The molecular weight excluding hydrogens is 550 g/mol. The van der Waals surface area contributed by atoms with Crippen LogP contribution in [-0.2, 0) is 0 Å². The number of nitrogen functional groups attached to an aromatic ring is 1. The molecule has 5 rings (SSSR count). The number of anilines is 3. The Morgan fingerprint density at radius 3 is 2.41 bits per heavy atom. The van der Waals surface area contributed by atoms with Gasteiger partial charge in [-0.05, 0) is 24.6 Å². The summed E-state index contributed by atoms with van der Waals surface area (Å²) < 4.78 is 28.9. The van der Waals surface area contributed by atoms with Gasteiger partial charge in [0.25, 0.3) is 0 Å². The summed E-state index contributed by atoms with van der Waals surface area (Å²) in [4.78, 5) is 12.9. The maximum Gasteiger partial charge on any atom is 0.224 e. The minimum absolute atomic E-state index is 0. The van der Waals surface area contributed by atoms with Crippen LogP contribution in [-0.4, -0.2) is 69.1 Å². The molecule has 1 aliphatic rings. The largest absolute Gasteiger partial charge is 0.394 e. The quantitative estimate of drug-likeness (QED) is 0.269. The average molecular weight is 583 g/mol. The number of aliphatic hydroxyl groups excluding tert-OH is 1. The van der Waals surface area contributed by atoms with Gasteiger partial charge in [-0.3, -0.25) is 4.90 Å². The Balaban J connectivity index is 0.00000387. The summed E-state index contributed by atoms with van der Waals surface area (Å²) in [6.45, 7) is 5.55. The lowest BCUT2D eigenvalue weighted by atomic mass is 10.1. The molecule has 3 heterocycles. The van der Waals surface area contributed by atoms with E-state index in [1.54, 1.807) is 16.9 Å². The van der Waals surface area contributed by atoms with E-state index in [1.807, 2.05) is 48.2 Å². The highest BCUT2D eigenvalue weighted by molar-refractivity contribution is 5.85. The van der Waals surface area contributed by atoms with Gasteiger partial charge < -0.3 is 21.1 Å². The highest BCUT2D eigenvalue weighted by atomic mass is 35.5. The molecule has 0 unspecified atom stereocenters. The summed E-state index contributed by atoms with van der Waals surface area (Å²) in [5.74, 6) is -0.0268. The number of aromatic nitrogens is 4. The molecule has 4 aromatic rings. The Hall–Kier alpha value is -4.06. The maximum absolute atomic E-state index is 13.6. The molecule has 0 saturated carbocycles. The molecule has 0 amide bonds. The van der Waals surface area contributed by atoms with Crippen LogP contribution >= 0.6 is 12.4 Å². The van der Waals surface area contributed by atoms with Gasteiger partial charge in [-0.2, -0.15) is 15.1 Å². The van der Waals surface area contributed by atoms with Crippen LogP contribution < -0.4 is 16.0 Å². The van der Waals surface area contributed by atoms with Crippen molar-refractivity contribution in [2.24, 2.45) is 0 Å². The fraction of sp³-hybridized carbons (Fsp3) is 0.276. The monoisotopic (exact) mass is 582 g/mol. The average Bonchev–Trinajstić information content (AvgIpc) is 3.31. The molecule has 0 radical (unpaired) electrons. The predicted octanol–water partition coefficient (Wildman–Crippen LogP) is 4.23. The number of aliphatic hydroxyl groups is 1. The van der Waals surface area contributed by atoms with E-state index in [0.29, 0.717) is 30.4 Å². The molecule has 1 saturated heterocycles. The molecule has 4 N–H and O–H groups in total. The van der Waals surface area contributed by atoms with Gasteiger partial charge in [-0.1, -0.05) is 42.5 Å². The third-order valence-electron chi connectivity index (χ3n) is 6.95. The van der Waals surface area contributed by atoms with Gasteiger partial charge in [0.15, 0.2) is 5.82 Å². The number of nitrogens with zero attached hydrogens (tertiary/aromatic N) is 6. The van der Waals surface area contributed by atoms with Crippen molar-refractivity contribution in [3.8, 4) is 5.82 Å². The summed E-state index contributed by atoms with van der Waals surface area (Å²) in [5, 5.41) is 17.6. The lowest BCUT2D eigenvalue weighted by molar-refractivity contribution is 0.276. The third kappa shape index (κ3) is 7.37. The van der Waals surface area contributed by atoms with E-state index in [0.717, 1.165) is 42.5 Å². The van der Waals surface area contributed by atoms with E-state index >= 15 is 0 Å². The Bertz CT molecular complexity index is 1450. The number of hydrogen-bond acceptors (Lipinski definition) is 8. The number of halogens is 3. The molecule has 2 aromatic heterocycles. The maximum atomic E-state index is 13.6. The molecule has 0 bridgehead atoms. The van der Waals surface area contributed by atoms with E-state index in [1.165, 1.54) is 12.1 Å². The van der Waals surface area contributed by atoms with Crippen molar-refractivity contribution in [1.29, 1.82) is 0 Å². The summed E-state index contributed by atoms with van der Waals surface area (Å²) in [5.41, 5.74) is 9.34.